The van der Waals surface area contributed by atoms with Crippen LogP contribution in [0, 0.1) is 0 Å². The third kappa shape index (κ3) is 4.03. The largest absolute Gasteiger partial charge is 0.381 e. The summed E-state index contributed by atoms with van der Waals surface area (Å²) < 4.78 is 5.54. The predicted molar refractivity (Wildman–Crippen MR) is 81.7 cm³/mol. The number of carbonyl (C=O) groups is 2. The Bertz CT molecular complexity index is 451. The number of amides is 2. The average Bonchev–Trinajstić information content (AvgIpc) is 2.75. The van der Waals surface area contributed by atoms with Crippen molar-refractivity contribution < 1.29 is 14.3 Å². The minimum Gasteiger partial charge on any atom is -0.381 e. The number of unbranched alkanes of at least 4 members (excludes halogenated alkanes) is 3. The van der Waals surface area contributed by atoms with Gasteiger partial charge in [0.1, 0.15) is 0 Å². The molecule has 116 valence electrons. The first-order valence-corrected chi connectivity index (χ1v) is 8.09. The molecule has 0 saturated carbocycles. The lowest BCUT2D eigenvalue weighted by molar-refractivity contribution is -0.137. The van der Waals surface area contributed by atoms with Crippen LogP contribution in [-0.2, 0) is 14.3 Å². The molecular weight excluding hydrogens is 266 g/mol. The van der Waals surface area contributed by atoms with Crippen molar-refractivity contribution in [3.63, 3.8) is 0 Å². The van der Waals surface area contributed by atoms with Crippen molar-refractivity contribution in [2.75, 3.05) is 19.8 Å². The van der Waals surface area contributed by atoms with Gasteiger partial charge in [0.15, 0.2) is 0 Å². The molecule has 2 amide bonds. The van der Waals surface area contributed by atoms with Crippen LogP contribution in [0.4, 0.5) is 0 Å². The summed E-state index contributed by atoms with van der Waals surface area (Å²) in [4.78, 5) is 25.7. The quantitative estimate of drug-likeness (QED) is 0.484. The van der Waals surface area contributed by atoms with Crippen LogP contribution in [0.3, 0.4) is 0 Å². The maximum absolute atomic E-state index is 12.2. The Balaban J connectivity index is 1.65. The van der Waals surface area contributed by atoms with E-state index in [-0.39, 0.29) is 11.8 Å². The maximum atomic E-state index is 12.2. The molecule has 0 unspecified atom stereocenters. The third-order valence-electron chi connectivity index (χ3n) is 3.96. The summed E-state index contributed by atoms with van der Waals surface area (Å²) in [7, 11) is 0. The fourth-order valence-electron chi connectivity index (χ4n) is 2.72. The summed E-state index contributed by atoms with van der Waals surface area (Å²) in [5.41, 5.74) is 1.32. The topological polar surface area (TPSA) is 46.6 Å². The zero-order chi connectivity index (χ0) is 15.1. The normalized spacial score (nSPS) is 17.9. The smallest absolute Gasteiger partial charge is 0.261 e. The van der Waals surface area contributed by atoms with E-state index in [1.54, 1.807) is 6.08 Å². The van der Waals surface area contributed by atoms with Gasteiger partial charge in [0, 0.05) is 30.9 Å². The third-order valence-corrected chi connectivity index (χ3v) is 3.96. The first-order valence-electron chi connectivity index (χ1n) is 8.09. The van der Waals surface area contributed by atoms with Gasteiger partial charge >= 0.3 is 0 Å². The SMILES string of the molecule is CCCCCOCCCCN1C(=O)C2=C(CCC=C2)C1=O. The van der Waals surface area contributed by atoms with Crippen molar-refractivity contribution in [2.45, 2.75) is 51.9 Å². The lowest BCUT2D eigenvalue weighted by Crippen LogP contribution is -2.32. The molecule has 1 heterocycles. The van der Waals surface area contributed by atoms with E-state index in [9.17, 15) is 9.59 Å². The van der Waals surface area contributed by atoms with Crippen LogP contribution in [0.5, 0.6) is 0 Å². The van der Waals surface area contributed by atoms with Crippen LogP contribution in [0.15, 0.2) is 23.3 Å². The van der Waals surface area contributed by atoms with Gasteiger partial charge in [0.2, 0.25) is 0 Å². The second-order valence-corrected chi connectivity index (χ2v) is 5.62. The first kappa shape index (κ1) is 16.0. The van der Waals surface area contributed by atoms with E-state index >= 15 is 0 Å². The van der Waals surface area contributed by atoms with Crippen LogP contribution < -0.4 is 0 Å². The van der Waals surface area contributed by atoms with Crippen LogP contribution in [0.2, 0.25) is 0 Å². The van der Waals surface area contributed by atoms with E-state index in [1.807, 2.05) is 6.08 Å². The lowest BCUT2D eigenvalue weighted by atomic mass is 10.00. The molecule has 0 fully saturated rings. The van der Waals surface area contributed by atoms with Gasteiger partial charge in [-0.05, 0) is 32.1 Å². The van der Waals surface area contributed by atoms with Crippen LogP contribution in [-0.4, -0.2) is 36.5 Å². The number of carbonyl (C=O) groups excluding carboxylic acids is 2. The van der Waals surface area contributed by atoms with Crippen LogP contribution >= 0.6 is 0 Å². The van der Waals surface area contributed by atoms with Gasteiger partial charge in [-0.2, -0.15) is 0 Å². The number of nitrogens with zero attached hydrogens (tertiary/aromatic N) is 1. The van der Waals surface area contributed by atoms with E-state index in [0.29, 0.717) is 30.7 Å². The van der Waals surface area contributed by atoms with Gasteiger partial charge in [-0.3, -0.25) is 14.5 Å². The molecule has 0 atom stereocenters. The zero-order valence-electron chi connectivity index (χ0n) is 12.9. The van der Waals surface area contributed by atoms with E-state index in [4.69, 9.17) is 4.74 Å². The number of imide groups is 1. The van der Waals surface area contributed by atoms with E-state index in [1.165, 1.54) is 17.7 Å². The molecule has 1 aliphatic carbocycles. The van der Waals surface area contributed by atoms with Crippen molar-refractivity contribution in [1.29, 1.82) is 0 Å². The molecule has 2 aliphatic rings. The van der Waals surface area contributed by atoms with E-state index < -0.39 is 0 Å². The number of allylic oxidation sites excluding steroid dienone is 1. The highest BCUT2D eigenvalue weighted by molar-refractivity contribution is 6.20. The Morgan fingerprint density at radius 2 is 1.86 bits per heavy atom. The monoisotopic (exact) mass is 291 g/mol. The molecule has 0 bridgehead atoms. The Labute approximate surface area is 126 Å². The molecule has 0 N–H and O–H groups in total. The van der Waals surface area contributed by atoms with Crippen LogP contribution in [0.1, 0.15) is 51.9 Å². The molecular formula is C17H25NO3. The van der Waals surface area contributed by atoms with Crippen molar-refractivity contribution in [2.24, 2.45) is 0 Å². The number of rotatable bonds is 9. The van der Waals surface area contributed by atoms with Crippen molar-refractivity contribution in [3.05, 3.63) is 23.3 Å². The Kier molecular flexibility index (Phi) is 6.18. The summed E-state index contributed by atoms with van der Waals surface area (Å²) in [6.45, 7) is 4.22. The van der Waals surface area contributed by atoms with Gasteiger partial charge < -0.3 is 4.74 Å². The van der Waals surface area contributed by atoms with Gasteiger partial charge in [0.25, 0.3) is 11.8 Å². The fourth-order valence-corrected chi connectivity index (χ4v) is 2.72. The van der Waals surface area contributed by atoms with Gasteiger partial charge in [-0.25, -0.2) is 0 Å². The Morgan fingerprint density at radius 3 is 2.57 bits per heavy atom. The lowest BCUT2D eigenvalue weighted by Gasteiger charge is -2.14. The molecule has 0 aromatic heterocycles. The molecule has 4 heteroatoms. The van der Waals surface area contributed by atoms with Crippen LogP contribution in [0.25, 0.3) is 0 Å². The first-order chi connectivity index (χ1) is 10.3. The fraction of sp³-hybridized carbons (Fsp3) is 0.647. The number of ether oxygens (including phenoxy) is 1. The molecule has 0 aromatic rings. The molecule has 0 aromatic carbocycles. The average molecular weight is 291 g/mol. The Morgan fingerprint density at radius 1 is 1.10 bits per heavy atom. The molecule has 4 nitrogen and oxygen atoms in total. The highest BCUT2D eigenvalue weighted by Crippen LogP contribution is 2.29. The second kappa shape index (κ2) is 8.13. The summed E-state index contributed by atoms with van der Waals surface area (Å²) in [6, 6.07) is 0. The molecule has 0 radical (unpaired) electrons. The second-order valence-electron chi connectivity index (χ2n) is 5.62. The van der Waals surface area contributed by atoms with Crippen molar-refractivity contribution in [3.8, 4) is 0 Å². The number of hydrogen-bond donors (Lipinski definition) is 0. The molecule has 0 saturated heterocycles. The highest BCUT2D eigenvalue weighted by Gasteiger charge is 2.36. The maximum Gasteiger partial charge on any atom is 0.261 e. The van der Waals surface area contributed by atoms with Crippen molar-refractivity contribution in [1.82, 2.24) is 4.90 Å². The summed E-state index contributed by atoms with van der Waals surface area (Å²) in [6.07, 6.45) is 10.6. The zero-order valence-corrected chi connectivity index (χ0v) is 12.9. The van der Waals surface area contributed by atoms with Crippen molar-refractivity contribution >= 4 is 11.8 Å². The number of hydrogen-bond acceptors (Lipinski definition) is 3. The van der Waals surface area contributed by atoms with Gasteiger partial charge in [0.05, 0.1) is 0 Å². The van der Waals surface area contributed by atoms with E-state index in [2.05, 4.69) is 6.92 Å². The standard InChI is InChI=1S/C17H25NO3/c1-2-3-7-12-21-13-8-6-11-18-16(19)14-9-4-5-10-15(14)17(18)20/h4,9H,2-3,5-8,10-13H2,1H3. The van der Waals surface area contributed by atoms with Gasteiger partial charge in [-0.1, -0.05) is 31.9 Å². The van der Waals surface area contributed by atoms with E-state index in [0.717, 1.165) is 32.3 Å². The molecule has 0 spiro atoms. The van der Waals surface area contributed by atoms with Gasteiger partial charge in [-0.15, -0.1) is 0 Å². The minimum absolute atomic E-state index is 0.0804. The summed E-state index contributed by atoms with van der Waals surface area (Å²) in [5.74, 6) is -0.196. The summed E-state index contributed by atoms with van der Waals surface area (Å²) in [5, 5.41) is 0. The predicted octanol–water partition coefficient (Wildman–Crippen LogP) is 2.99. The Hall–Kier alpha value is -1.42. The molecule has 1 aliphatic heterocycles. The highest BCUT2D eigenvalue weighted by atomic mass is 16.5. The molecule has 2 rings (SSSR count). The summed E-state index contributed by atoms with van der Waals surface area (Å²) >= 11 is 0. The minimum atomic E-state index is -0.116. The molecule has 21 heavy (non-hydrogen) atoms.